The highest BCUT2D eigenvalue weighted by atomic mass is 16.2. The highest BCUT2D eigenvalue weighted by molar-refractivity contribution is 5.93. The number of amides is 3. The summed E-state index contributed by atoms with van der Waals surface area (Å²) in [7, 11) is 1.48. The predicted octanol–water partition coefficient (Wildman–Crippen LogP) is -0.964. The van der Waals surface area contributed by atoms with Crippen LogP contribution in [0, 0.1) is 24.2 Å². The van der Waals surface area contributed by atoms with Crippen molar-refractivity contribution in [2.45, 2.75) is 6.92 Å². The second kappa shape index (κ2) is 8.75. The van der Waals surface area contributed by atoms with E-state index in [2.05, 4.69) is 22.5 Å². The Morgan fingerprint density at radius 2 is 1.84 bits per heavy atom. The number of carbonyl (C=O) groups is 3. The van der Waals surface area contributed by atoms with Crippen LogP contribution < -0.4 is 16.0 Å². The summed E-state index contributed by atoms with van der Waals surface area (Å²) in [4.78, 5) is 34.1. The van der Waals surface area contributed by atoms with Gasteiger partial charge in [-0.2, -0.15) is 0 Å². The lowest BCUT2D eigenvalue weighted by atomic mass is 10.1. The minimum Gasteiger partial charge on any atom is -0.359 e. The van der Waals surface area contributed by atoms with Crippen LogP contribution in [0.25, 0.3) is 0 Å². The van der Waals surface area contributed by atoms with Gasteiger partial charge in [0.1, 0.15) is 0 Å². The number of nitrogens with one attached hydrogen (secondary N) is 3. The summed E-state index contributed by atoms with van der Waals surface area (Å²) >= 11 is 0. The molecular weight excluding hydrogens is 246 g/mol. The van der Waals surface area contributed by atoms with Crippen molar-refractivity contribution in [3.63, 3.8) is 0 Å². The lowest BCUT2D eigenvalue weighted by Crippen LogP contribution is -2.44. The van der Waals surface area contributed by atoms with Crippen molar-refractivity contribution in [1.82, 2.24) is 16.0 Å². The molecule has 0 aliphatic heterocycles. The zero-order valence-electron chi connectivity index (χ0n) is 11.2. The third-order valence-corrected chi connectivity index (χ3v) is 2.55. The van der Waals surface area contributed by atoms with E-state index in [0.717, 1.165) is 0 Å². The average molecular weight is 265 g/mol. The van der Waals surface area contributed by atoms with Gasteiger partial charge in [0.2, 0.25) is 11.8 Å². The SMILES string of the molecule is C#CC(=O)NCC(CNC(=O)C(C)C=C)C(=O)NC. The Morgan fingerprint density at radius 1 is 1.26 bits per heavy atom. The molecule has 0 aromatic rings. The molecule has 6 nitrogen and oxygen atoms in total. The summed E-state index contributed by atoms with van der Waals surface area (Å²) in [6, 6.07) is 0. The van der Waals surface area contributed by atoms with E-state index in [9.17, 15) is 14.4 Å². The third kappa shape index (κ3) is 6.27. The van der Waals surface area contributed by atoms with Gasteiger partial charge in [0, 0.05) is 20.1 Å². The Kier molecular flexibility index (Phi) is 7.70. The molecule has 2 atom stereocenters. The fraction of sp³-hybridized carbons (Fsp3) is 0.462. The molecule has 104 valence electrons. The van der Waals surface area contributed by atoms with Crippen LogP contribution in [0.2, 0.25) is 0 Å². The van der Waals surface area contributed by atoms with Gasteiger partial charge in [0.25, 0.3) is 5.91 Å². The van der Waals surface area contributed by atoms with Crippen molar-refractivity contribution in [3.8, 4) is 12.3 Å². The normalized spacial score (nSPS) is 12.5. The number of terminal acetylenes is 1. The van der Waals surface area contributed by atoms with Gasteiger partial charge in [-0.3, -0.25) is 14.4 Å². The minimum absolute atomic E-state index is 0.0610. The van der Waals surface area contributed by atoms with E-state index < -0.39 is 11.8 Å². The van der Waals surface area contributed by atoms with Gasteiger partial charge in [-0.15, -0.1) is 13.0 Å². The zero-order chi connectivity index (χ0) is 14.8. The van der Waals surface area contributed by atoms with Crippen molar-refractivity contribution in [3.05, 3.63) is 12.7 Å². The lowest BCUT2D eigenvalue weighted by molar-refractivity contribution is -0.126. The molecular formula is C13H19N3O3. The van der Waals surface area contributed by atoms with Gasteiger partial charge in [0.05, 0.1) is 11.8 Å². The van der Waals surface area contributed by atoms with Gasteiger partial charge < -0.3 is 16.0 Å². The summed E-state index contributed by atoms with van der Waals surface area (Å²) in [6.45, 7) is 5.38. The van der Waals surface area contributed by atoms with E-state index in [0.29, 0.717) is 0 Å². The topological polar surface area (TPSA) is 87.3 Å². The molecule has 19 heavy (non-hydrogen) atoms. The second-order valence-electron chi connectivity index (χ2n) is 3.94. The molecule has 0 radical (unpaired) electrons. The highest BCUT2D eigenvalue weighted by Gasteiger charge is 2.19. The van der Waals surface area contributed by atoms with Crippen LogP contribution >= 0.6 is 0 Å². The maximum Gasteiger partial charge on any atom is 0.295 e. The van der Waals surface area contributed by atoms with Crippen LogP contribution in [0.15, 0.2) is 12.7 Å². The number of carbonyl (C=O) groups excluding carboxylic acids is 3. The van der Waals surface area contributed by atoms with E-state index in [1.165, 1.54) is 13.1 Å². The van der Waals surface area contributed by atoms with E-state index in [1.54, 1.807) is 6.92 Å². The molecule has 0 aliphatic carbocycles. The van der Waals surface area contributed by atoms with Gasteiger partial charge in [-0.25, -0.2) is 0 Å². The standard InChI is InChI=1S/C13H19N3O3/c1-5-9(3)12(18)16-8-10(13(19)14-4)7-15-11(17)6-2/h2,5,9-10H,1,7-8H2,3-4H3,(H,14,19)(H,15,17)(H,16,18). The molecule has 0 heterocycles. The molecule has 0 saturated heterocycles. The Bertz CT molecular complexity index is 398. The van der Waals surface area contributed by atoms with Gasteiger partial charge >= 0.3 is 0 Å². The zero-order valence-corrected chi connectivity index (χ0v) is 11.2. The summed E-state index contributed by atoms with van der Waals surface area (Å²) in [6.07, 6.45) is 6.41. The molecule has 0 aliphatic rings. The highest BCUT2D eigenvalue weighted by Crippen LogP contribution is 1.98. The van der Waals surface area contributed by atoms with Crippen molar-refractivity contribution in [2.24, 2.45) is 11.8 Å². The summed E-state index contributed by atoms with van der Waals surface area (Å²) in [5.41, 5.74) is 0. The fourth-order valence-corrected chi connectivity index (χ4v) is 1.22. The maximum atomic E-state index is 11.6. The first-order chi connectivity index (χ1) is 8.96. The molecule has 0 aromatic heterocycles. The molecule has 3 N–H and O–H groups in total. The van der Waals surface area contributed by atoms with Crippen LogP contribution in [-0.4, -0.2) is 37.9 Å². The molecule has 0 saturated carbocycles. The summed E-state index contributed by atoms with van der Waals surface area (Å²) in [5, 5.41) is 7.48. The average Bonchev–Trinajstić information content (AvgIpc) is 2.44. The first kappa shape index (κ1) is 16.7. The molecule has 3 amide bonds. The Morgan fingerprint density at radius 3 is 2.32 bits per heavy atom. The molecule has 2 unspecified atom stereocenters. The van der Waals surface area contributed by atoms with Crippen molar-refractivity contribution < 1.29 is 14.4 Å². The molecule has 0 rings (SSSR count). The van der Waals surface area contributed by atoms with Crippen molar-refractivity contribution in [2.75, 3.05) is 20.1 Å². The van der Waals surface area contributed by atoms with Crippen molar-refractivity contribution >= 4 is 17.7 Å². The van der Waals surface area contributed by atoms with E-state index in [1.807, 2.05) is 5.92 Å². The van der Waals surface area contributed by atoms with Crippen molar-refractivity contribution in [1.29, 1.82) is 0 Å². The molecule has 6 heteroatoms. The molecule has 0 aromatic carbocycles. The van der Waals surface area contributed by atoms with Gasteiger partial charge in [-0.1, -0.05) is 13.0 Å². The van der Waals surface area contributed by atoms with E-state index >= 15 is 0 Å². The summed E-state index contributed by atoms with van der Waals surface area (Å²) < 4.78 is 0. The van der Waals surface area contributed by atoms with Gasteiger partial charge in [0.15, 0.2) is 0 Å². The number of hydrogen-bond donors (Lipinski definition) is 3. The van der Waals surface area contributed by atoms with E-state index in [-0.39, 0.29) is 30.8 Å². The Labute approximate surface area is 113 Å². The van der Waals surface area contributed by atoms with E-state index in [4.69, 9.17) is 6.42 Å². The minimum atomic E-state index is -0.598. The van der Waals surface area contributed by atoms with Crippen LogP contribution in [0.4, 0.5) is 0 Å². The lowest BCUT2D eigenvalue weighted by Gasteiger charge is -2.17. The molecule has 0 bridgehead atoms. The van der Waals surface area contributed by atoms with Crippen LogP contribution in [0.1, 0.15) is 6.92 Å². The summed E-state index contributed by atoms with van der Waals surface area (Å²) in [5.74, 6) is -0.150. The smallest absolute Gasteiger partial charge is 0.295 e. The maximum absolute atomic E-state index is 11.6. The quantitative estimate of drug-likeness (QED) is 0.409. The Balaban J connectivity index is 4.41. The molecule has 0 fully saturated rings. The van der Waals surface area contributed by atoms with Crippen LogP contribution in [-0.2, 0) is 14.4 Å². The largest absolute Gasteiger partial charge is 0.359 e. The van der Waals surface area contributed by atoms with Crippen LogP contribution in [0.5, 0.6) is 0 Å². The van der Waals surface area contributed by atoms with Crippen LogP contribution in [0.3, 0.4) is 0 Å². The van der Waals surface area contributed by atoms with Gasteiger partial charge in [-0.05, 0) is 5.92 Å². The first-order valence-electron chi connectivity index (χ1n) is 5.82. The monoisotopic (exact) mass is 265 g/mol. The first-order valence-corrected chi connectivity index (χ1v) is 5.82. The number of rotatable bonds is 7. The number of hydrogen-bond acceptors (Lipinski definition) is 3. The second-order valence-corrected chi connectivity index (χ2v) is 3.94. The Hall–Kier alpha value is -2.29. The predicted molar refractivity (Wildman–Crippen MR) is 71.8 cm³/mol. The third-order valence-electron chi connectivity index (χ3n) is 2.55. The fourth-order valence-electron chi connectivity index (χ4n) is 1.22. The molecule has 0 spiro atoms.